The quantitative estimate of drug-likeness (QED) is 0.553. The molecule has 0 fully saturated rings. The van der Waals surface area contributed by atoms with Crippen LogP contribution in [0.2, 0.25) is 5.02 Å². The number of anilines is 2. The van der Waals surface area contributed by atoms with E-state index in [0.717, 1.165) is 17.1 Å². The van der Waals surface area contributed by atoms with Gasteiger partial charge in [0, 0.05) is 22.2 Å². The summed E-state index contributed by atoms with van der Waals surface area (Å²) in [5.74, 6) is 0.183. The summed E-state index contributed by atoms with van der Waals surface area (Å²) in [7, 11) is 0. The zero-order valence-electron chi connectivity index (χ0n) is 13.5. The third-order valence-electron chi connectivity index (χ3n) is 3.70. The van der Waals surface area contributed by atoms with Gasteiger partial charge in [0.05, 0.1) is 11.4 Å². The normalized spacial score (nSPS) is 10.9. The smallest absolute Gasteiger partial charge is 0.207 e. The first-order valence-corrected chi connectivity index (χ1v) is 8.80. The summed E-state index contributed by atoms with van der Waals surface area (Å²) in [4.78, 5) is 4.47. The number of halogens is 2. The molecule has 0 radical (unpaired) electrons. The van der Waals surface area contributed by atoms with Crippen LogP contribution in [0.5, 0.6) is 0 Å². The molecule has 2 aromatic heterocycles. The van der Waals surface area contributed by atoms with E-state index in [1.54, 1.807) is 28.9 Å². The monoisotopic (exact) mass is 386 g/mol. The number of benzene rings is 2. The van der Waals surface area contributed by atoms with Gasteiger partial charge in [0.25, 0.3) is 0 Å². The van der Waals surface area contributed by atoms with Gasteiger partial charge in [0.1, 0.15) is 5.82 Å². The number of aromatic nitrogens is 5. The molecular weight excluding hydrogens is 375 g/mol. The van der Waals surface area contributed by atoms with Crippen LogP contribution < -0.4 is 5.32 Å². The molecule has 0 aliphatic heterocycles. The summed E-state index contributed by atoms with van der Waals surface area (Å²) in [5.41, 5.74) is 2.93. The number of nitrogens with one attached hydrogen (secondary N) is 1. The molecule has 130 valence electrons. The van der Waals surface area contributed by atoms with E-state index in [1.165, 1.54) is 23.7 Å². The van der Waals surface area contributed by atoms with Crippen LogP contribution in [-0.4, -0.2) is 24.4 Å². The first-order chi connectivity index (χ1) is 12.6. The SMILES string of the molecule is Cc1c(-c2nsc(Nc3ccc(Cl)cc3)n2)nnn1-c1ccc(F)cc1. The van der Waals surface area contributed by atoms with Crippen LogP contribution in [0.1, 0.15) is 5.69 Å². The van der Waals surface area contributed by atoms with Crippen LogP contribution in [0.25, 0.3) is 17.2 Å². The summed E-state index contributed by atoms with van der Waals surface area (Å²) < 4.78 is 19.1. The summed E-state index contributed by atoms with van der Waals surface area (Å²) in [5, 5.41) is 12.8. The van der Waals surface area contributed by atoms with Crippen molar-refractivity contribution >= 4 is 34.0 Å². The van der Waals surface area contributed by atoms with Gasteiger partial charge in [-0.15, -0.1) is 5.10 Å². The second-order valence-corrected chi connectivity index (χ2v) is 6.65. The molecule has 0 saturated carbocycles. The molecule has 4 aromatic rings. The highest BCUT2D eigenvalue weighted by Crippen LogP contribution is 2.26. The van der Waals surface area contributed by atoms with Crippen molar-refractivity contribution in [2.75, 3.05) is 5.32 Å². The Labute approximate surface area is 157 Å². The Morgan fingerprint density at radius 1 is 1.08 bits per heavy atom. The van der Waals surface area contributed by atoms with E-state index in [4.69, 9.17) is 11.6 Å². The molecule has 9 heteroatoms. The Kier molecular flexibility index (Phi) is 4.36. The molecule has 0 atom stereocenters. The molecule has 4 rings (SSSR count). The lowest BCUT2D eigenvalue weighted by Gasteiger charge is -2.02. The lowest BCUT2D eigenvalue weighted by atomic mass is 10.3. The van der Waals surface area contributed by atoms with E-state index >= 15 is 0 Å². The average Bonchev–Trinajstić information content (AvgIpc) is 3.24. The Morgan fingerprint density at radius 3 is 2.54 bits per heavy atom. The molecule has 0 aliphatic rings. The van der Waals surface area contributed by atoms with Gasteiger partial charge in [0.15, 0.2) is 11.5 Å². The standard InChI is InChI=1S/C17H12ClFN6S/c1-10-15(22-24-25(10)14-8-4-12(19)5-9-14)16-21-17(26-23-16)20-13-6-2-11(18)3-7-13/h2-9H,1H3,(H,20,21,23). The van der Waals surface area contributed by atoms with Crippen LogP contribution in [-0.2, 0) is 0 Å². The predicted molar refractivity (Wildman–Crippen MR) is 99.7 cm³/mol. The molecule has 26 heavy (non-hydrogen) atoms. The van der Waals surface area contributed by atoms with Crippen LogP contribution in [0.15, 0.2) is 48.5 Å². The topological polar surface area (TPSA) is 68.5 Å². The Hall–Kier alpha value is -2.84. The Morgan fingerprint density at radius 2 is 1.81 bits per heavy atom. The van der Waals surface area contributed by atoms with Crippen molar-refractivity contribution in [3.8, 4) is 17.2 Å². The van der Waals surface area contributed by atoms with Crippen molar-refractivity contribution in [1.29, 1.82) is 0 Å². The molecule has 0 saturated heterocycles. The molecule has 0 aliphatic carbocycles. The van der Waals surface area contributed by atoms with E-state index in [-0.39, 0.29) is 5.82 Å². The van der Waals surface area contributed by atoms with Gasteiger partial charge in [0.2, 0.25) is 5.13 Å². The van der Waals surface area contributed by atoms with Gasteiger partial charge in [-0.2, -0.15) is 9.36 Å². The summed E-state index contributed by atoms with van der Waals surface area (Å²) in [6.45, 7) is 1.87. The molecule has 0 unspecified atom stereocenters. The molecule has 2 aromatic carbocycles. The summed E-state index contributed by atoms with van der Waals surface area (Å²) >= 11 is 7.11. The van der Waals surface area contributed by atoms with Crippen LogP contribution in [0.3, 0.4) is 0 Å². The maximum atomic E-state index is 13.1. The molecule has 0 amide bonds. The fourth-order valence-electron chi connectivity index (χ4n) is 2.39. The lowest BCUT2D eigenvalue weighted by molar-refractivity contribution is 0.626. The van der Waals surface area contributed by atoms with E-state index in [1.807, 2.05) is 19.1 Å². The molecule has 6 nitrogen and oxygen atoms in total. The largest absolute Gasteiger partial charge is 0.330 e. The Bertz CT molecular complexity index is 1040. The van der Waals surface area contributed by atoms with Gasteiger partial charge in [-0.25, -0.2) is 9.07 Å². The second-order valence-electron chi connectivity index (χ2n) is 5.47. The van der Waals surface area contributed by atoms with Gasteiger partial charge < -0.3 is 5.32 Å². The second kappa shape index (κ2) is 6.81. The van der Waals surface area contributed by atoms with Crippen molar-refractivity contribution in [1.82, 2.24) is 24.4 Å². The summed E-state index contributed by atoms with van der Waals surface area (Å²) in [6.07, 6.45) is 0. The first kappa shape index (κ1) is 16.6. The predicted octanol–water partition coefficient (Wildman–Crippen LogP) is 4.63. The minimum Gasteiger partial charge on any atom is -0.330 e. The maximum absolute atomic E-state index is 13.1. The van der Waals surface area contributed by atoms with Crippen molar-refractivity contribution in [2.45, 2.75) is 6.92 Å². The molecular formula is C17H12ClFN6S. The summed E-state index contributed by atoms with van der Waals surface area (Å²) in [6, 6.07) is 13.4. The first-order valence-electron chi connectivity index (χ1n) is 7.65. The highest BCUT2D eigenvalue weighted by atomic mass is 35.5. The van der Waals surface area contributed by atoms with Gasteiger partial charge >= 0.3 is 0 Å². The zero-order chi connectivity index (χ0) is 18.1. The third-order valence-corrected chi connectivity index (χ3v) is 4.58. The average molecular weight is 387 g/mol. The van der Waals surface area contributed by atoms with Crippen molar-refractivity contribution in [3.63, 3.8) is 0 Å². The molecule has 0 spiro atoms. The Balaban J connectivity index is 1.60. The molecule has 0 bridgehead atoms. The van der Waals surface area contributed by atoms with Crippen LogP contribution in [0, 0.1) is 12.7 Å². The number of hydrogen-bond acceptors (Lipinski definition) is 6. The van der Waals surface area contributed by atoms with Crippen LogP contribution >= 0.6 is 23.1 Å². The van der Waals surface area contributed by atoms with E-state index in [0.29, 0.717) is 21.7 Å². The number of nitrogens with zero attached hydrogens (tertiary/aromatic N) is 5. The van der Waals surface area contributed by atoms with Crippen LogP contribution in [0.4, 0.5) is 15.2 Å². The van der Waals surface area contributed by atoms with Gasteiger partial charge in [-0.3, -0.25) is 0 Å². The van der Waals surface area contributed by atoms with E-state index < -0.39 is 0 Å². The molecule has 1 N–H and O–H groups in total. The number of hydrogen-bond donors (Lipinski definition) is 1. The lowest BCUT2D eigenvalue weighted by Crippen LogP contribution is -1.99. The fourth-order valence-corrected chi connectivity index (χ4v) is 3.11. The zero-order valence-corrected chi connectivity index (χ0v) is 15.1. The van der Waals surface area contributed by atoms with E-state index in [2.05, 4.69) is 25.0 Å². The molecule has 2 heterocycles. The van der Waals surface area contributed by atoms with Crippen molar-refractivity contribution in [2.24, 2.45) is 0 Å². The highest BCUT2D eigenvalue weighted by Gasteiger charge is 2.16. The minimum atomic E-state index is -0.300. The van der Waals surface area contributed by atoms with Crippen molar-refractivity contribution in [3.05, 3.63) is 65.1 Å². The van der Waals surface area contributed by atoms with Crippen molar-refractivity contribution < 1.29 is 4.39 Å². The highest BCUT2D eigenvalue weighted by molar-refractivity contribution is 7.09. The van der Waals surface area contributed by atoms with Gasteiger partial charge in [-0.05, 0) is 55.5 Å². The van der Waals surface area contributed by atoms with E-state index in [9.17, 15) is 4.39 Å². The van der Waals surface area contributed by atoms with Gasteiger partial charge in [-0.1, -0.05) is 16.8 Å². The maximum Gasteiger partial charge on any atom is 0.207 e. The minimum absolute atomic E-state index is 0.300. The number of rotatable bonds is 4. The fraction of sp³-hybridized carbons (Fsp3) is 0.0588. The third kappa shape index (κ3) is 3.29.